The maximum Gasteiger partial charge on any atom is 0.264 e. The number of anilines is 1. The molecular weight excluding hydrogens is 534 g/mol. The predicted octanol–water partition coefficient (Wildman–Crippen LogP) is 5.55. The molecule has 1 fully saturated rings. The van der Waals surface area contributed by atoms with E-state index in [9.17, 15) is 13.2 Å². The maximum absolute atomic E-state index is 13.9. The van der Waals surface area contributed by atoms with E-state index in [0.717, 1.165) is 36.3 Å². The number of piperidine rings is 1. The number of carbonyl (C=O) groups excluding carboxylic acids is 1. The number of sulfonamides is 1. The molecule has 218 valence electrons. The standard InChI is InChI=1S/C33H41N3O4S/c1-24-12-15-28(16-13-24)41(38,39)36-23-31(40-30-17-14-27(20-29(30)36)33(2,3)4)32(37)34-21-25-10-6-7-11-26(25)22-35-18-8-5-9-19-35/h6-7,10-17,20,31H,5,8-9,18-19,21-23H2,1-4H3,(H,34,37). The van der Waals surface area contributed by atoms with Crippen molar-refractivity contribution in [1.29, 1.82) is 0 Å². The number of ether oxygens (including phenoxy) is 1. The Morgan fingerprint density at radius 2 is 1.63 bits per heavy atom. The summed E-state index contributed by atoms with van der Waals surface area (Å²) in [5.41, 5.74) is 4.47. The lowest BCUT2D eigenvalue weighted by Gasteiger charge is -2.36. The molecule has 0 aliphatic carbocycles. The molecule has 1 atom stereocenters. The molecule has 0 radical (unpaired) electrons. The van der Waals surface area contributed by atoms with E-state index >= 15 is 0 Å². The number of likely N-dealkylation sites (tertiary alicyclic amines) is 1. The van der Waals surface area contributed by atoms with E-state index in [1.54, 1.807) is 30.3 Å². The van der Waals surface area contributed by atoms with E-state index in [0.29, 0.717) is 18.0 Å². The van der Waals surface area contributed by atoms with Crippen molar-refractivity contribution in [1.82, 2.24) is 10.2 Å². The Morgan fingerprint density at radius 1 is 0.951 bits per heavy atom. The van der Waals surface area contributed by atoms with Crippen molar-refractivity contribution < 1.29 is 17.9 Å². The number of nitrogens with one attached hydrogen (secondary N) is 1. The van der Waals surface area contributed by atoms with Gasteiger partial charge in [-0.15, -0.1) is 0 Å². The topological polar surface area (TPSA) is 79.0 Å². The second-order valence-electron chi connectivity index (χ2n) is 12.2. The van der Waals surface area contributed by atoms with Gasteiger partial charge >= 0.3 is 0 Å². The fourth-order valence-electron chi connectivity index (χ4n) is 5.46. The Hall–Kier alpha value is -3.36. The third-order valence-electron chi connectivity index (χ3n) is 8.01. The quantitative estimate of drug-likeness (QED) is 0.400. The second kappa shape index (κ2) is 11.9. The second-order valence-corrected chi connectivity index (χ2v) is 14.1. The molecule has 3 aromatic carbocycles. The van der Waals surface area contributed by atoms with Gasteiger partial charge in [0, 0.05) is 13.1 Å². The third kappa shape index (κ3) is 6.60. The average molecular weight is 576 g/mol. The van der Waals surface area contributed by atoms with Gasteiger partial charge in [-0.1, -0.05) is 75.2 Å². The molecular formula is C33H41N3O4S. The van der Waals surface area contributed by atoms with Gasteiger partial charge in [0.25, 0.3) is 15.9 Å². The number of carbonyl (C=O) groups is 1. The Balaban J connectivity index is 1.39. The minimum atomic E-state index is -3.94. The van der Waals surface area contributed by atoms with Crippen LogP contribution in [0.1, 0.15) is 62.3 Å². The zero-order valence-corrected chi connectivity index (χ0v) is 25.3. The molecule has 2 aliphatic heterocycles. The van der Waals surface area contributed by atoms with Gasteiger partial charge in [0.15, 0.2) is 6.10 Å². The van der Waals surface area contributed by atoms with Crippen molar-refractivity contribution in [3.63, 3.8) is 0 Å². The minimum absolute atomic E-state index is 0.113. The van der Waals surface area contributed by atoms with Crippen LogP contribution in [0.5, 0.6) is 5.75 Å². The van der Waals surface area contributed by atoms with Crippen LogP contribution in [0.4, 0.5) is 5.69 Å². The molecule has 0 bridgehead atoms. The van der Waals surface area contributed by atoms with Crippen LogP contribution in [0.3, 0.4) is 0 Å². The van der Waals surface area contributed by atoms with Crippen LogP contribution >= 0.6 is 0 Å². The van der Waals surface area contributed by atoms with Gasteiger partial charge in [-0.2, -0.15) is 0 Å². The first-order chi connectivity index (χ1) is 19.5. The normalized spacial score (nSPS) is 18.0. The Kier molecular flexibility index (Phi) is 8.43. The van der Waals surface area contributed by atoms with Gasteiger partial charge in [0.2, 0.25) is 0 Å². The monoisotopic (exact) mass is 575 g/mol. The number of hydrogen-bond acceptors (Lipinski definition) is 5. The highest BCUT2D eigenvalue weighted by atomic mass is 32.2. The molecule has 0 aromatic heterocycles. The summed E-state index contributed by atoms with van der Waals surface area (Å²) in [6.07, 6.45) is 2.74. The first-order valence-corrected chi connectivity index (χ1v) is 15.9. The summed E-state index contributed by atoms with van der Waals surface area (Å²) in [5.74, 6) is 0.0398. The maximum atomic E-state index is 13.9. The van der Waals surface area contributed by atoms with Crippen LogP contribution in [-0.4, -0.2) is 45.0 Å². The van der Waals surface area contributed by atoms with Gasteiger partial charge < -0.3 is 10.1 Å². The lowest BCUT2D eigenvalue weighted by Crippen LogP contribution is -2.50. The van der Waals surface area contributed by atoms with Crippen molar-refractivity contribution in [3.8, 4) is 5.75 Å². The number of aryl methyl sites for hydroxylation is 1. The van der Waals surface area contributed by atoms with Gasteiger partial charge in [0.05, 0.1) is 17.1 Å². The molecule has 1 amide bonds. The predicted molar refractivity (Wildman–Crippen MR) is 163 cm³/mol. The molecule has 7 nitrogen and oxygen atoms in total. The van der Waals surface area contributed by atoms with Crippen molar-refractivity contribution in [2.24, 2.45) is 0 Å². The van der Waals surface area contributed by atoms with Gasteiger partial charge in [-0.3, -0.25) is 14.0 Å². The van der Waals surface area contributed by atoms with Crippen molar-refractivity contribution in [2.45, 2.75) is 76.5 Å². The Morgan fingerprint density at radius 3 is 2.32 bits per heavy atom. The number of hydrogen-bond donors (Lipinski definition) is 1. The number of fused-ring (bicyclic) bond motifs is 1. The fraction of sp³-hybridized carbons (Fsp3) is 0.424. The molecule has 0 saturated carbocycles. The summed E-state index contributed by atoms with van der Waals surface area (Å²) < 4.78 is 35.4. The molecule has 0 spiro atoms. The summed E-state index contributed by atoms with van der Waals surface area (Å²) in [5, 5.41) is 3.03. The largest absolute Gasteiger partial charge is 0.476 e. The zero-order valence-electron chi connectivity index (χ0n) is 24.5. The van der Waals surface area contributed by atoms with Gasteiger partial charge in [-0.05, 0) is 79.2 Å². The molecule has 2 aliphatic rings. The first kappa shape index (κ1) is 29.1. The third-order valence-corrected chi connectivity index (χ3v) is 9.80. The van der Waals surface area contributed by atoms with E-state index in [-0.39, 0.29) is 22.8 Å². The van der Waals surface area contributed by atoms with Crippen LogP contribution in [0.25, 0.3) is 0 Å². The highest BCUT2D eigenvalue weighted by Crippen LogP contribution is 2.40. The summed E-state index contributed by atoms with van der Waals surface area (Å²) >= 11 is 0. The van der Waals surface area contributed by atoms with Crippen molar-refractivity contribution >= 4 is 21.6 Å². The van der Waals surface area contributed by atoms with E-state index in [1.807, 2.05) is 37.3 Å². The molecule has 2 heterocycles. The van der Waals surface area contributed by atoms with Crippen LogP contribution in [-0.2, 0) is 33.3 Å². The number of nitrogens with zero attached hydrogens (tertiary/aromatic N) is 2. The summed E-state index contributed by atoms with van der Waals surface area (Å²) in [6, 6.07) is 20.5. The van der Waals surface area contributed by atoms with Gasteiger partial charge in [-0.25, -0.2) is 8.42 Å². The average Bonchev–Trinajstić information content (AvgIpc) is 2.96. The summed E-state index contributed by atoms with van der Waals surface area (Å²) in [4.78, 5) is 16.1. The number of benzene rings is 3. The van der Waals surface area contributed by atoms with E-state index < -0.39 is 16.1 Å². The molecule has 1 unspecified atom stereocenters. The molecule has 41 heavy (non-hydrogen) atoms. The lowest BCUT2D eigenvalue weighted by atomic mass is 9.86. The Bertz CT molecular complexity index is 1490. The lowest BCUT2D eigenvalue weighted by molar-refractivity contribution is -0.127. The zero-order chi connectivity index (χ0) is 29.2. The van der Waals surface area contributed by atoms with Crippen molar-refractivity contribution in [2.75, 3.05) is 23.9 Å². The van der Waals surface area contributed by atoms with Gasteiger partial charge in [0.1, 0.15) is 5.75 Å². The van der Waals surface area contributed by atoms with Crippen LogP contribution in [0.15, 0.2) is 71.6 Å². The van der Waals surface area contributed by atoms with Crippen LogP contribution in [0.2, 0.25) is 0 Å². The van der Waals surface area contributed by atoms with Crippen LogP contribution in [0, 0.1) is 6.92 Å². The number of rotatable bonds is 7. The molecule has 1 saturated heterocycles. The highest BCUT2D eigenvalue weighted by molar-refractivity contribution is 7.92. The summed E-state index contributed by atoms with van der Waals surface area (Å²) in [6.45, 7) is 11.4. The molecule has 3 aromatic rings. The molecule has 1 N–H and O–H groups in total. The smallest absolute Gasteiger partial charge is 0.264 e. The van der Waals surface area contributed by atoms with Crippen molar-refractivity contribution in [3.05, 3.63) is 89.0 Å². The van der Waals surface area contributed by atoms with E-state index in [1.165, 1.54) is 29.1 Å². The van der Waals surface area contributed by atoms with E-state index in [4.69, 9.17) is 4.74 Å². The minimum Gasteiger partial charge on any atom is -0.476 e. The van der Waals surface area contributed by atoms with Crippen LogP contribution < -0.4 is 14.4 Å². The SMILES string of the molecule is Cc1ccc(S(=O)(=O)N2CC(C(=O)NCc3ccccc3CN3CCCCC3)Oc3ccc(C(C)(C)C)cc32)cc1. The van der Waals surface area contributed by atoms with E-state index in [2.05, 4.69) is 37.1 Å². The highest BCUT2D eigenvalue weighted by Gasteiger charge is 2.38. The first-order valence-electron chi connectivity index (χ1n) is 14.5. The fourth-order valence-corrected chi connectivity index (χ4v) is 6.93. The molecule has 5 rings (SSSR count). The molecule has 8 heteroatoms. The summed E-state index contributed by atoms with van der Waals surface area (Å²) in [7, 11) is -3.94. The Labute approximate surface area is 244 Å². The number of amides is 1.